The second-order valence-electron chi connectivity index (χ2n) is 3.82. The number of hydrogen-bond acceptors (Lipinski definition) is 2. The van der Waals surface area contributed by atoms with Gasteiger partial charge in [0.05, 0.1) is 0 Å². The SMILES string of the molecule is C=CCN(CC(=O)O)C(=O)N(CC)CC(=C)C. The minimum atomic E-state index is -1.04. The Hall–Kier alpha value is -1.78. The fraction of sp³-hybridized carbons (Fsp3) is 0.500. The van der Waals surface area contributed by atoms with Gasteiger partial charge in [0.2, 0.25) is 0 Å². The highest BCUT2D eigenvalue weighted by Gasteiger charge is 2.20. The highest BCUT2D eigenvalue weighted by atomic mass is 16.4. The molecule has 0 aliphatic heterocycles. The van der Waals surface area contributed by atoms with Crippen LogP contribution in [0.25, 0.3) is 0 Å². The fourth-order valence-corrected chi connectivity index (χ4v) is 1.37. The van der Waals surface area contributed by atoms with Gasteiger partial charge in [-0.05, 0) is 13.8 Å². The molecule has 0 heterocycles. The molecule has 5 heteroatoms. The maximum absolute atomic E-state index is 12.0. The minimum Gasteiger partial charge on any atom is -0.480 e. The number of carboxylic acids is 1. The molecule has 0 atom stereocenters. The van der Waals surface area contributed by atoms with E-state index in [0.717, 1.165) is 5.57 Å². The third kappa shape index (κ3) is 5.75. The third-order valence-electron chi connectivity index (χ3n) is 2.06. The molecule has 0 rings (SSSR count). The van der Waals surface area contributed by atoms with Crippen LogP contribution in [0.5, 0.6) is 0 Å². The third-order valence-corrected chi connectivity index (χ3v) is 2.06. The number of aliphatic carboxylic acids is 1. The molecule has 0 aromatic heterocycles. The summed E-state index contributed by atoms with van der Waals surface area (Å²) in [5.41, 5.74) is 0.856. The zero-order valence-electron chi connectivity index (χ0n) is 10.5. The number of carbonyl (C=O) groups excluding carboxylic acids is 1. The molecule has 0 saturated carbocycles. The highest BCUT2D eigenvalue weighted by molar-refractivity contribution is 5.80. The van der Waals surface area contributed by atoms with Crippen LogP contribution >= 0.6 is 0 Å². The first-order chi connectivity index (χ1) is 7.92. The largest absolute Gasteiger partial charge is 0.480 e. The monoisotopic (exact) mass is 240 g/mol. The molecule has 0 saturated heterocycles. The summed E-state index contributed by atoms with van der Waals surface area (Å²) in [6.07, 6.45) is 1.51. The quantitative estimate of drug-likeness (QED) is 0.687. The van der Waals surface area contributed by atoms with Gasteiger partial charge in [-0.15, -0.1) is 6.58 Å². The van der Waals surface area contributed by atoms with Crippen LogP contribution in [0.1, 0.15) is 13.8 Å². The predicted octanol–water partition coefficient (Wildman–Crippen LogP) is 1.58. The number of hydrogen-bond donors (Lipinski definition) is 1. The van der Waals surface area contributed by atoms with Crippen molar-refractivity contribution in [2.75, 3.05) is 26.2 Å². The Morgan fingerprint density at radius 3 is 2.24 bits per heavy atom. The van der Waals surface area contributed by atoms with Crippen LogP contribution in [0.4, 0.5) is 4.79 Å². The molecule has 5 nitrogen and oxygen atoms in total. The van der Waals surface area contributed by atoms with E-state index in [2.05, 4.69) is 13.2 Å². The lowest BCUT2D eigenvalue weighted by Crippen LogP contribution is -2.45. The van der Waals surface area contributed by atoms with Crippen molar-refractivity contribution in [1.82, 2.24) is 9.80 Å². The lowest BCUT2D eigenvalue weighted by Gasteiger charge is -2.28. The minimum absolute atomic E-state index is 0.220. The van der Waals surface area contributed by atoms with E-state index in [9.17, 15) is 9.59 Å². The van der Waals surface area contributed by atoms with Crippen molar-refractivity contribution in [2.24, 2.45) is 0 Å². The van der Waals surface area contributed by atoms with Gasteiger partial charge in [0.1, 0.15) is 6.54 Å². The van der Waals surface area contributed by atoms with Gasteiger partial charge in [-0.3, -0.25) is 4.79 Å². The maximum atomic E-state index is 12.0. The Bertz CT molecular complexity index is 313. The Morgan fingerprint density at radius 1 is 1.29 bits per heavy atom. The molecule has 0 spiro atoms. The van der Waals surface area contributed by atoms with Crippen LogP contribution < -0.4 is 0 Å². The Labute approximate surface area is 102 Å². The first-order valence-corrected chi connectivity index (χ1v) is 5.43. The van der Waals surface area contributed by atoms with Crippen molar-refractivity contribution < 1.29 is 14.7 Å². The van der Waals surface area contributed by atoms with Crippen LogP contribution in [0.2, 0.25) is 0 Å². The molecule has 0 aliphatic carbocycles. The van der Waals surface area contributed by atoms with Crippen molar-refractivity contribution in [3.05, 3.63) is 24.8 Å². The second-order valence-corrected chi connectivity index (χ2v) is 3.82. The van der Waals surface area contributed by atoms with Gasteiger partial charge in [0, 0.05) is 19.6 Å². The van der Waals surface area contributed by atoms with E-state index in [1.54, 1.807) is 4.90 Å². The number of carboxylic acid groups (broad SMARTS) is 1. The summed E-state index contributed by atoms with van der Waals surface area (Å²) < 4.78 is 0. The normalized spacial score (nSPS) is 9.53. The van der Waals surface area contributed by atoms with E-state index < -0.39 is 5.97 Å². The number of rotatable bonds is 7. The molecule has 0 unspecified atom stereocenters. The lowest BCUT2D eigenvalue weighted by atomic mass is 10.3. The molecule has 0 bridgehead atoms. The lowest BCUT2D eigenvalue weighted by molar-refractivity contribution is -0.137. The summed E-state index contributed by atoms with van der Waals surface area (Å²) >= 11 is 0. The van der Waals surface area contributed by atoms with Gasteiger partial charge < -0.3 is 14.9 Å². The summed E-state index contributed by atoms with van der Waals surface area (Å²) in [4.78, 5) is 25.5. The highest BCUT2D eigenvalue weighted by Crippen LogP contribution is 2.03. The van der Waals surface area contributed by atoms with Crippen LogP contribution in [0.15, 0.2) is 24.8 Å². The van der Waals surface area contributed by atoms with E-state index in [1.165, 1.54) is 11.0 Å². The number of urea groups is 1. The van der Waals surface area contributed by atoms with E-state index in [-0.39, 0.29) is 19.1 Å². The molecule has 0 aliphatic rings. The van der Waals surface area contributed by atoms with Gasteiger partial charge in [-0.1, -0.05) is 18.2 Å². The van der Waals surface area contributed by atoms with Gasteiger partial charge in [0.25, 0.3) is 0 Å². The molecular weight excluding hydrogens is 220 g/mol. The summed E-state index contributed by atoms with van der Waals surface area (Å²) in [6, 6.07) is -0.308. The Balaban J connectivity index is 4.70. The molecule has 2 amide bonds. The molecule has 0 aromatic rings. The zero-order valence-corrected chi connectivity index (χ0v) is 10.5. The topological polar surface area (TPSA) is 60.9 Å². The summed E-state index contributed by atoms with van der Waals surface area (Å²) in [5, 5.41) is 8.73. The summed E-state index contributed by atoms with van der Waals surface area (Å²) in [7, 11) is 0. The van der Waals surface area contributed by atoms with Gasteiger partial charge in [-0.2, -0.15) is 0 Å². The van der Waals surface area contributed by atoms with Gasteiger partial charge in [0.15, 0.2) is 0 Å². The van der Waals surface area contributed by atoms with Gasteiger partial charge in [-0.25, -0.2) is 4.79 Å². The van der Waals surface area contributed by atoms with Crippen LogP contribution in [0, 0.1) is 0 Å². The second kappa shape index (κ2) is 7.49. The standard InChI is InChI=1S/C12H20N2O3/c1-5-7-14(9-11(15)16)12(17)13(6-2)8-10(3)4/h5H,1,3,6-9H2,2,4H3,(H,15,16). The number of amides is 2. The van der Waals surface area contributed by atoms with E-state index in [0.29, 0.717) is 13.1 Å². The smallest absolute Gasteiger partial charge is 0.323 e. The summed E-state index contributed by atoms with van der Waals surface area (Å²) in [6.45, 7) is 11.8. The van der Waals surface area contributed by atoms with Crippen molar-refractivity contribution in [2.45, 2.75) is 13.8 Å². The number of carbonyl (C=O) groups is 2. The maximum Gasteiger partial charge on any atom is 0.323 e. The Kier molecular flexibility index (Phi) is 6.70. The molecule has 17 heavy (non-hydrogen) atoms. The van der Waals surface area contributed by atoms with Crippen molar-refractivity contribution in [3.8, 4) is 0 Å². The van der Waals surface area contributed by atoms with Crippen molar-refractivity contribution >= 4 is 12.0 Å². The molecule has 0 fully saturated rings. The van der Waals surface area contributed by atoms with Crippen LogP contribution in [-0.4, -0.2) is 53.1 Å². The fourth-order valence-electron chi connectivity index (χ4n) is 1.37. The average molecular weight is 240 g/mol. The summed E-state index contributed by atoms with van der Waals surface area (Å²) in [5.74, 6) is -1.04. The van der Waals surface area contributed by atoms with E-state index in [4.69, 9.17) is 5.11 Å². The molecule has 0 radical (unpaired) electrons. The van der Waals surface area contributed by atoms with Crippen LogP contribution in [-0.2, 0) is 4.79 Å². The van der Waals surface area contributed by atoms with Crippen molar-refractivity contribution in [3.63, 3.8) is 0 Å². The first kappa shape index (κ1) is 15.2. The first-order valence-electron chi connectivity index (χ1n) is 5.43. The number of likely N-dealkylation sites (N-methyl/N-ethyl adjacent to an activating group) is 1. The van der Waals surface area contributed by atoms with E-state index >= 15 is 0 Å². The average Bonchev–Trinajstić information content (AvgIpc) is 2.23. The molecule has 96 valence electrons. The molecule has 1 N–H and O–H groups in total. The molecule has 0 aromatic carbocycles. The molecular formula is C12H20N2O3. The van der Waals surface area contributed by atoms with Crippen LogP contribution in [0.3, 0.4) is 0 Å². The number of nitrogens with zero attached hydrogens (tertiary/aromatic N) is 2. The zero-order chi connectivity index (χ0) is 13.4. The van der Waals surface area contributed by atoms with Crippen molar-refractivity contribution in [1.29, 1.82) is 0 Å². The predicted molar refractivity (Wildman–Crippen MR) is 66.9 cm³/mol. The van der Waals surface area contributed by atoms with Gasteiger partial charge >= 0.3 is 12.0 Å². The Morgan fingerprint density at radius 2 is 1.88 bits per heavy atom. The van der Waals surface area contributed by atoms with E-state index in [1.807, 2.05) is 13.8 Å².